The van der Waals surface area contributed by atoms with Gasteiger partial charge in [0.25, 0.3) is 0 Å². The average Bonchev–Trinajstić information content (AvgIpc) is 2.30. The Bertz CT molecular complexity index is 307. The van der Waals surface area contributed by atoms with Crippen molar-refractivity contribution < 1.29 is 0 Å². The minimum atomic E-state index is 0.515. The number of hydrogen-bond donors (Lipinski definition) is 1. The molecular weight excluding hydrogens is 152 g/mol. The second-order valence-corrected chi connectivity index (χ2v) is 2.64. The Morgan fingerprint density at radius 2 is 2.50 bits per heavy atom. The highest BCUT2D eigenvalue weighted by Crippen LogP contribution is 2.17. The molecule has 0 saturated carbocycles. The lowest BCUT2D eigenvalue weighted by atomic mass is 10.4. The number of nitrogens with zero attached hydrogens (tertiary/aromatic N) is 3. The first kappa shape index (κ1) is 8.47. The van der Waals surface area contributed by atoms with Gasteiger partial charge in [-0.2, -0.15) is 5.10 Å². The smallest absolute Gasteiger partial charge is 0.174 e. The van der Waals surface area contributed by atoms with Crippen LogP contribution in [-0.4, -0.2) is 23.4 Å². The molecule has 4 nitrogen and oxygen atoms in total. The van der Waals surface area contributed by atoms with Crippen molar-refractivity contribution in [3.05, 3.63) is 6.20 Å². The van der Waals surface area contributed by atoms with E-state index in [0.29, 0.717) is 12.2 Å². The molecule has 0 spiro atoms. The van der Waals surface area contributed by atoms with Crippen LogP contribution in [-0.2, 0) is 7.05 Å². The van der Waals surface area contributed by atoms with Crippen molar-refractivity contribution in [2.75, 3.05) is 24.2 Å². The minimum absolute atomic E-state index is 0.515. The van der Waals surface area contributed by atoms with E-state index in [1.807, 2.05) is 19.0 Å². The van der Waals surface area contributed by atoms with Gasteiger partial charge in [0.1, 0.15) is 0 Å². The van der Waals surface area contributed by atoms with Gasteiger partial charge in [-0.25, -0.2) is 0 Å². The summed E-state index contributed by atoms with van der Waals surface area (Å²) in [6.07, 6.45) is 6.91. The summed E-state index contributed by atoms with van der Waals surface area (Å²) in [7, 11) is 3.68. The normalized spacial score (nSPS) is 9.42. The van der Waals surface area contributed by atoms with Crippen LogP contribution in [0.4, 0.5) is 11.5 Å². The van der Waals surface area contributed by atoms with Crippen LogP contribution in [0.25, 0.3) is 0 Å². The van der Waals surface area contributed by atoms with Gasteiger partial charge in [-0.15, -0.1) is 6.42 Å². The Morgan fingerprint density at radius 1 is 1.83 bits per heavy atom. The number of terminal acetylenes is 1. The summed E-state index contributed by atoms with van der Waals surface area (Å²) >= 11 is 0. The van der Waals surface area contributed by atoms with E-state index in [1.54, 1.807) is 10.9 Å². The summed E-state index contributed by atoms with van der Waals surface area (Å²) in [6.45, 7) is 0.515. The van der Waals surface area contributed by atoms with E-state index in [-0.39, 0.29) is 0 Å². The number of hydrogen-bond acceptors (Lipinski definition) is 3. The zero-order chi connectivity index (χ0) is 9.14. The zero-order valence-corrected chi connectivity index (χ0v) is 7.28. The van der Waals surface area contributed by atoms with Crippen molar-refractivity contribution in [3.8, 4) is 12.3 Å². The van der Waals surface area contributed by atoms with E-state index in [2.05, 4.69) is 11.0 Å². The van der Waals surface area contributed by atoms with Gasteiger partial charge < -0.3 is 10.6 Å². The van der Waals surface area contributed by atoms with Crippen molar-refractivity contribution >= 4 is 11.5 Å². The van der Waals surface area contributed by atoms with Crippen molar-refractivity contribution in [3.63, 3.8) is 0 Å². The summed E-state index contributed by atoms with van der Waals surface area (Å²) in [5.74, 6) is 3.26. The molecule has 0 aliphatic rings. The third kappa shape index (κ3) is 1.51. The fraction of sp³-hybridized carbons (Fsp3) is 0.375. The molecular formula is C8H12N4. The molecule has 0 bridgehead atoms. The van der Waals surface area contributed by atoms with E-state index >= 15 is 0 Å². The summed E-state index contributed by atoms with van der Waals surface area (Å²) < 4.78 is 1.66. The quantitative estimate of drug-likeness (QED) is 0.629. The number of rotatable bonds is 2. The standard InChI is InChI=1S/C8H12N4/c1-4-5-11(2)8-7(9)6-12(3)10-8/h1,6H,5,9H2,2-3H3. The molecule has 1 aromatic rings. The van der Waals surface area contributed by atoms with Gasteiger partial charge in [-0.1, -0.05) is 5.92 Å². The Labute approximate surface area is 72.0 Å². The second-order valence-electron chi connectivity index (χ2n) is 2.64. The van der Waals surface area contributed by atoms with Crippen molar-refractivity contribution in [2.24, 2.45) is 7.05 Å². The van der Waals surface area contributed by atoms with Crippen LogP contribution in [0.5, 0.6) is 0 Å². The van der Waals surface area contributed by atoms with Crippen molar-refractivity contribution in [1.82, 2.24) is 9.78 Å². The van der Waals surface area contributed by atoms with Gasteiger partial charge in [-0.05, 0) is 0 Å². The molecule has 0 atom stereocenters. The average molecular weight is 164 g/mol. The lowest BCUT2D eigenvalue weighted by molar-refractivity contribution is 0.760. The molecule has 4 heteroatoms. The van der Waals surface area contributed by atoms with Crippen molar-refractivity contribution in [1.29, 1.82) is 0 Å². The molecule has 0 saturated heterocycles. The van der Waals surface area contributed by atoms with E-state index < -0.39 is 0 Å². The molecule has 1 aromatic heterocycles. The molecule has 0 radical (unpaired) electrons. The Balaban J connectivity index is 2.88. The first-order valence-corrected chi connectivity index (χ1v) is 3.59. The Morgan fingerprint density at radius 3 is 2.92 bits per heavy atom. The molecule has 2 N–H and O–H groups in total. The van der Waals surface area contributed by atoms with Crippen LogP contribution >= 0.6 is 0 Å². The summed E-state index contributed by atoms with van der Waals surface area (Å²) in [4.78, 5) is 1.83. The van der Waals surface area contributed by atoms with Crippen LogP contribution < -0.4 is 10.6 Å². The maximum atomic E-state index is 5.68. The fourth-order valence-electron chi connectivity index (χ4n) is 1.00. The molecule has 1 heterocycles. The summed E-state index contributed by atoms with van der Waals surface area (Å²) in [5.41, 5.74) is 6.33. The number of nitrogens with two attached hydrogens (primary N) is 1. The highest BCUT2D eigenvalue weighted by molar-refractivity contribution is 5.61. The number of nitrogen functional groups attached to an aromatic ring is 1. The number of aromatic nitrogens is 2. The van der Waals surface area contributed by atoms with E-state index in [9.17, 15) is 0 Å². The first-order valence-electron chi connectivity index (χ1n) is 3.59. The number of aryl methyl sites for hydroxylation is 1. The predicted molar refractivity (Wildman–Crippen MR) is 49.7 cm³/mol. The van der Waals surface area contributed by atoms with Gasteiger partial charge in [0, 0.05) is 20.3 Å². The van der Waals surface area contributed by atoms with Crippen LogP contribution in [0, 0.1) is 12.3 Å². The SMILES string of the molecule is C#CCN(C)c1nn(C)cc1N. The van der Waals surface area contributed by atoms with E-state index in [1.165, 1.54) is 0 Å². The lowest BCUT2D eigenvalue weighted by Gasteiger charge is -2.12. The van der Waals surface area contributed by atoms with Gasteiger partial charge in [0.15, 0.2) is 5.82 Å². The Hall–Kier alpha value is -1.63. The van der Waals surface area contributed by atoms with Crippen LogP contribution in [0.1, 0.15) is 0 Å². The first-order chi connectivity index (χ1) is 5.65. The Kier molecular flexibility index (Phi) is 2.24. The van der Waals surface area contributed by atoms with Gasteiger partial charge in [0.05, 0.1) is 12.2 Å². The summed E-state index contributed by atoms with van der Waals surface area (Å²) in [5, 5.41) is 4.15. The van der Waals surface area contributed by atoms with E-state index in [4.69, 9.17) is 12.2 Å². The van der Waals surface area contributed by atoms with E-state index in [0.717, 1.165) is 5.82 Å². The molecule has 0 fully saturated rings. The largest absolute Gasteiger partial charge is 0.394 e. The minimum Gasteiger partial charge on any atom is -0.394 e. The maximum absolute atomic E-state index is 5.68. The second kappa shape index (κ2) is 3.18. The number of anilines is 2. The highest BCUT2D eigenvalue weighted by atomic mass is 15.3. The monoisotopic (exact) mass is 164 g/mol. The molecule has 64 valence electrons. The molecule has 1 rings (SSSR count). The zero-order valence-electron chi connectivity index (χ0n) is 7.28. The highest BCUT2D eigenvalue weighted by Gasteiger charge is 2.07. The van der Waals surface area contributed by atoms with Gasteiger partial charge in [0.2, 0.25) is 0 Å². The molecule has 0 aromatic carbocycles. The third-order valence-electron chi connectivity index (χ3n) is 1.53. The molecule has 0 aliphatic heterocycles. The maximum Gasteiger partial charge on any atom is 0.174 e. The summed E-state index contributed by atoms with van der Waals surface area (Å²) in [6, 6.07) is 0. The molecule has 0 amide bonds. The van der Waals surface area contributed by atoms with Crippen LogP contribution in [0.3, 0.4) is 0 Å². The fourth-order valence-corrected chi connectivity index (χ4v) is 1.00. The van der Waals surface area contributed by atoms with Gasteiger partial charge >= 0.3 is 0 Å². The van der Waals surface area contributed by atoms with Crippen LogP contribution in [0.2, 0.25) is 0 Å². The lowest BCUT2D eigenvalue weighted by Crippen LogP contribution is -2.18. The van der Waals surface area contributed by atoms with Crippen LogP contribution in [0.15, 0.2) is 6.20 Å². The van der Waals surface area contributed by atoms with Gasteiger partial charge in [-0.3, -0.25) is 4.68 Å². The predicted octanol–water partition coefficient (Wildman–Crippen LogP) is 0.0717. The molecule has 0 aliphatic carbocycles. The molecule has 12 heavy (non-hydrogen) atoms. The third-order valence-corrected chi connectivity index (χ3v) is 1.53. The molecule has 0 unspecified atom stereocenters. The topological polar surface area (TPSA) is 47.1 Å². The van der Waals surface area contributed by atoms with Crippen molar-refractivity contribution in [2.45, 2.75) is 0 Å².